The molecule has 0 amide bonds. The third-order valence-electron chi connectivity index (χ3n) is 3.79. The van der Waals surface area contributed by atoms with E-state index in [1.54, 1.807) is 7.11 Å². The van der Waals surface area contributed by atoms with Gasteiger partial charge in [0.15, 0.2) is 0 Å². The Bertz CT molecular complexity index is 334. The predicted molar refractivity (Wildman–Crippen MR) is 72.5 cm³/mol. The Morgan fingerprint density at radius 3 is 2.50 bits per heavy atom. The average Bonchev–Trinajstić information content (AvgIpc) is 2.46. The fraction of sp³-hybridized carbons (Fsp3) is 0.600. The van der Waals surface area contributed by atoms with Crippen LogP contribution in [0.1, 0.15) is 37.4 Å². The largest absolute Gasteiger partial charge is 0.387 e. The second kappa shape index (κ2) is 6.88. The number of aliphatic hydroxyl groups excluding tert-OH is 1. The number of ether oxygens (including phenoxy) is 1. The molecule has 3 nitrogen and oxygen atoms in total. The predicted octanol–water partition coefficient (Wildman–Crippen LogP) is 2.27. The van der Waals surface area contributed by atoms with E-state index in [1.165, 1.54) is 0 Å². The Labute approximate surface area is 109 Å². The molecular formula is C15H23NO2. The zero-order valence-corrected chi connectivity index (χ0v) is 11.0. The lowest BCUT2D eigenvalue weighted by Crippen LogP contribution is -2.37. The Balaban J connectivity index is 1.72. The molecule has 1 fully saturated rings. The van der Waals surface area contributed by atoms with Crippen LogP contribution < -0.4 is 5.32 Å². The van der Waals surface area contributed by atoms with Crippen LogP contribution in [-0.4, -0.2) is 30.9 Å². The first-order valence-electron chi connectivity index (χ1n) is 6.78. The van der Waals surface area contributed by atoms with E-state index in [9.17, 15) is 5.11 Å². The van der Waals surface area contributed by atoms with Gasteiger partial charge in [-0.25, -0.2) is 0 Å². The minimum absolute atomic E-state index is 0.411. The highest BCUT2D eigenvalue weighted by atomic mass is 16.5. The van der Waals surface area contributed by atoms with E-state index in [-0.39, 0.29) is 0 Å². The van der Waals surface area contributed by atoms with Crippen molar-refractivity contribution in [1.29, 1.82) is 0 Å². The minimum Gasteiger partial charge on any atom is -0.387 e. The molecule has 0 aliphatic heterocycles. The van der Waals surface area contributed by atoms with Gasteiger partial charge >= 0.3 is 0 Å². The van der Waals surface area contributed by atoms with Gasteiger partial charge in [-0.1, -0.05) is 30.3 Å². The average molecular weight is 249 g/mol. The molecule has 0 aromatic heterocycles. The molecule has 0 heterocycles. The van der Waals surface area contributed by atoms with Gasteiger partial charge in [-0.05, 0) is 31.2 Å². The molecule has 1 aliphatic carbocycles. The van der Waals surface area contributed by atoms with Gasteiger partial charge in [0, 0.05) is 19.7 Å². The molecule has 3 heteroatoms. The molecule has 0 saturated heterocycles. The van der Waals surface area contributed by atoms with E-state index in [0.29, 0.717) is 18.7 Å². The van der Waals surface area contributed by atoms with Gasteiger partial charge in [-0.3, -0.25) is 0 Å². The molecule has 2 rings (SSSR count). The number of aliphatic hydroxyl groups is 1. The SMILES string of the molecule is COC1CCC(NCC(O)c2ccccc2)CC1. The minimum atomic E-state index is -0.411. The van der Waals surface area contributed by atoms with Crippen LogP contribution >= 0.6 is 0 Å². The van der Waals surface area contributed by atoms with Gasteiger partial charge in [0.25, 0.3) is 0 Å². The lowest BCUT2D eigenvalue weighted by molar-refractivity contribution is 0.0603. The first-order chi connectivity index (χ1) is 8.79. The molecule has 1 saturated carbocycles. The molecule has 0 radical (unpaired) electrons. The number of hydrogen-bond acceptors (Lipinski definition) is 3. The molecule has 2 N–H and O–H groups in total. The maximum absolute atomic E-state index is 10.1. The van der Waals surface area contributed by atoms with E-state index in [1.807, 2.05) is 30.3 Å². The van der Waals surface area contributed by atoms with Crippen LogP contribution in [0.15, 0.2) is 30.3 Å². The summed E-state index contributed by atoms with van der Waals surface area (Å²) in [5.41, 5.74) is 0.982. The van der Waals surface area contributed by atoms with Crippen molar-refractivity contribution in [2.24, 2.45) is 0 Å². The Kier molecular flexibility index (Phi) is 5.17. The van der Waals surface area contributed by atoms with Crippen molar-refractivity contribution in [2.45, 2.75) is 43.9 Å². The van der Waals surface area contributed by atoms with Crippen LogP contribution in [0.3, 0.4) is 0 Å². The highest BCUT2D eigenvalue weighted by molar-refractivity contribution is 5.17. The van der Waals surface area contributed by atoms with E-state index in [4.69, 9.17) is 4.74 Å². The van der Waals surface area contributed by atoms with E-state index in [0.717, 1.165) is 31.2 Å². The highest BCUT2D eigenvalue weighted by Gasteiger charge is 2.21. The van der Waals surface area contributed by atoms with Crippen molar-refractivity contribution in [3.63, 3.8) is 0 Å². The lowest BCUT2D eigenvalue weighted by Gasteiger charge is -2.29. The molecule has 1 unspecified atom stereocenters. The van der Waals surface area contributed by atoms with Crippen molar-refractivity contribution < 1.29 is 9.84 Å². The molecular weight excluding hydrogens is 226 g/mol. The smallest absolute Gasteiger partial charge is 0.0914 e. The van der Waals surface area contributed by atoms with Gasteiger partial charge in [0.2, 0.25) is 0 Å². The summed E-state index contributed by atoms with van der Waals surface area (Å²) in [7, 11) is 1.79. The quantitative estimate of drug-likeness (QED) is 0.841. The van der Waals surface area contributed by atoms with Crippen molar-refractivity contribution >= 4 is 0 Å². The molecule has 0 spiro atoms. The molecule has 0 bridgehead atoms. The zero-order chi connectivity index (χ0) is 12.8. The fourth-order valence-electron chi connectivity index (χ4n) is 2.57. The monoisotopic (exact) mass is 249 g/mol. The van der Waals surface area contributed by atoms with Crippen LogP contribution in [0.2, 0.25) is 0 Å². The molecule has 18 heavy (non-hydrogen) atoms. The van der Waals surface area contributed by atoms with E-state index in [2.05, 4.69) is 5.32 Å². The maximum atomic E-state index is 10.1. The first-order valence-corrected chi connectivity index (χ1v) is 6.78. The normalized spacial score (nSPS) is 25.9. The third-order valence-corrected chi connectivity index (χ3v) is 3.79. The summed E-state index contributed by atoms with van der Waals surface area (Å²) >= 11 is 0. The summed E-state index contributed by atoms with van der Waals surface area (Å²) in [6.45, 7) is 0.631. The molecule has 1 aromatic rings. The summed E-state index contributed by atoms with van der Waals surface area (Å²) in [5.74, 6) is 0. The number of nitrogens with one attached hydrogen (secondary N) is 1. The number of hydrogen-bond donors (Lipinski definition) is 2. The summed E-state index contributed by atoms with van der Waals surface area (Å²) in [4.78, 5) is 0. The van der Waals surface area contributed by atoms with Crippen LogP contribution in [-0.2, 0) is 4.74 Å². The molecule has 1 aromatic carbocycles. The molecule has 1 atom stereocenters. The van der Waals surface area contributed by atoms with Gasteiger partial charge in [0.05, 0.1) is 12.2 Å². The van der Waals surface area contributed by atoms with Crippen LogP contribution in [0, 0.1) is 0 Å². The number of benzene rings is 1. The molecule has 1 aliphatic rings. The van der Waals surface area contributed by atoms with Gasteiger partial charge in [-0.15, -0.1) is 0 Å². The van der Waals surface area contributed by atoms with Gasteiger partial charge in [0.1, 0.15) is 0 Å². The standard InChI is InChI=1S/C15H23NO2/c1-18-14-9-7-13(8-10-14)16-11-15(17)12-5-3-2-4-6-12/h2-6,13-17H,7-11H2,1H3. The van der Waals surface area contributed by atoms with Crippen LogP contribution in [0.5, 0.6) is 0 Å². The first kappa shape index (κ1) is 13.5. The topological polar surface area (TPSA) is 41.5 Å². The highest BCUT2D eigenvalue weighted by Crippen LogP contribution is 2.21. The lowest BCUT2D eigenvalue weighted by atomic mass is 9.93. The summed E-state index contributed by atoms with van der Waals surface area (Å²) in [6, 6.07) is 10.3. The third kappa shape index (κ3) is 3.80. The van der Waals surface area contributed by atoms with Crippen molar-refractivity contribution in [3.8, 4) is 0 Å². The summed E-state index contributed by atoms with van der Waals surface area (Å²) < 4.78 is 5.36. The van der Waals surface area contributed by atoms with Crippen molar-refractivity contribution in [3.05, 3.63) is 35.9 Å². The zero-order valence-electron chi connectivity index (χ0n) is 11.0. The van der Waals surface area contributed by atoms with Gasteiger partial charge < -0.3 is 15.2 Å². The Morgan fingerprint density at radius 2 is 1.89 bits per heavy atom. The second-order valence-corrected chi connectivity index (χ2v) is 5.04. The Morgan fingerprint density at radius 1 is 1.22 bits per heavy atom. The van der Waals surface area contributed by atoms with Crippen LogP contribution in [0.25, 0.3) is 0 Å². The van der Waals surface area contributed by atoms with E-state index >= 15 is 0 Å². The van der Waals surface area contributed by atoms with Crippen molar-refractivity contribution in [2.75, 3.05) is 13.7 Å². The Hall–Kier alpha value is -0.900. The number of rotatable bonds is 5. The summed E-state index contributed by atoms with van der Waals surface area (Å²) in [5, 5.41) is 13.5. The van der Waals surface area contributed by atoms with Crippen molar-refractivity contribution in [1.82, 2.24) is 5.32 Å². The van der Waals surface area contributed by atoms with Crippen LogP contribution in [0.4, 0.5) is 0 Å². The van der Waals surface area contributed by atoms with E-state index < -0.39 is 6.10 Å². The van der Waals surface area contributed by atoms with Gasteiger partial charge in [-0.2, -0.15) is 0 Å². The maximum Gasteiger partial charge on any atom is 0.0914 e. The summed E-state index contributed by atoms with van der Waals surface area (Å²) in [6.07, 6.45) is 4.54. The second-order valence-electron chi connectivity index (χ2n) is 5.04. The number of methoxy groups -OCH3 is 1. The fourth-order valence-corrected chi connectivity index (χ4v) is 2.57. The molecule has 100 valence electrons.